The first kappa shape index (κ1) is 25.3. The number of pyridine rings is 1. The topological polar surface area (TPSA) is 95.3 Å². The summed E-state index contributed by atoms with van der Waals surface area (Å²) in [5.41, 5.74) is 0.935. The molecule has 180 valence electrons. The molecule has 0 bridgehead atoms. The Morgan fingerprint density at radius 2 is 1.97 bits per heavy atom. The summed E-state index contributed by atoms with van der Waals surface area (Å²) in [6.07, 6.45) is 1.58. The van der Waals surface area contributed by atoms with Crippen molar-refractivity contribution in [3.8, 4) is 5.75 Å². The molecule has 0 unspecified atom stereocenters. The lowest BCUT2D eigenvalue weighted by molar-refractivity contribution is -0.140. The molecule has 0 aliphatic rings. The number of carbonyl (C=O) groups is 1. The van der Waals surface area contributed by atoms with E-state index in [0.717, 1.165) is 12.1 Å². The summed E-state index contributed by atoms with van der Waals surface area (Å²) in [6.45, 7) is 5.28. The van der Waals surface area contributed by atoms with Crippen LogP contribution in [-0.2, 0) is 22.7 Å². The number of aryl methyl sites for hydroxylation is 2. The van der Waals surface area contributed by atoms with Crippen LogP contribution in [0, 0.1) is 25.5 Å². The maximum absolute atomic E-state index is 13.9. The van der Waals surface area contributed by atoms with Crippen molar-refractivity contribution >= 4 is 27.7 Å². The van der Waals surface area contributed by atoms with Gasteiger partial charge >= 0.3 is 5.97 Å². The number of hydrogen-bond donors (Lipinski definition) is 1. The van der Waals surface area contributed by atoms with Crippen LogP contribution >= 0.6 is 15.9 Å². The van der Waals surface area contributed by atoms with Crippen molar-refractivity contribution in [2.45, 2.75) is 33.9 Å². The van der Waals surface area contributed by atoms with Gasteiger partial charge in [0.15, 0.2) is 0 Å². The van der Waals surface area contributed by atoms with Crippen LogP contribution in [0.2, 0.25) is 0 Å². The highest BCUT2D eigenvalue weighted by atomic mass is 79.9. The van der Waals surface area contributed by atoms with E-state index in [9.17, 15) is 18.4 Å². The molecule has 0 saturated carbocycles. The van der Waals surface area contributed by atoms with Crippen LogP contribution < -0.4 is 15.6 Å². The van der Waals surface area contributed by atoms with E-state index in [1.807, 2.05) is 0 Å². The van der Waals surface area contributed by atoms with Crippen molar-refractivity contribution in [3.63, 3.8) is 0 Å². The standard InChI is InChI=1S/C23H23BrF2N4O4/c1-4-33-20(31)10-28-22-16(9-27-14(3)29-22)11-30-13(2)7-19(21(24)23(30)32)34-12-15-5-6-17(25)8-18(15)26/h5-9H,4,10-12H2,1-3H3,(H,27,28,29). The van der Waals surface area contributed by atoms with Crippen molar-refractivity contribution in [1.82, 2.24) is 14.5 Å². The largest absolute Gasteiger partial charge is 0.487 e. The number of carbonyl (C=O) groups excluding carboxylic acids is 1. The lowest BCUT2D eigenvalue weighted by atomic mass is 10.2. The Hall–Kier alpha value is -3.34. The molecular weight excluding hydrogens is 514 g/mol. The Balaban J connectivity index is 1.83. The maximum atomic E-state index is 13.9. The zero-order valence-electron chi connectivity index (χ0n) is 18.8. The highest BCUT2D eigenvalue weighted by molar-refractivity contribution is 9.10. The summed E-state index contributed by atoms with van der Waals surface area (Å²) < 4.78 is 39.2. The summed E-state index contributed by atoms with van der Waals surface area (Å²) in [4.78, 5) is 33.3. The molecule has 34 heavy (non-hydrogen) atoms. The molecule has 1 N–H and O–H groups in total. The number of nitrogens with zero attached hydrogens (tertiary/aromatic N) is 3. The highest BCUT2D eigenvalue weighted by Crippen LogP contribution is 2.25. The van der Waals surface area contributed by atoms with Crippen LogP contribution in [0.15, 0.2) is 39.7 Å². The third-order valence-electron chi connectivity index (χ3n) is 4.83. The summed E-state index contributed by atoms with van der Waals surface area (Å²) in [5.74, 6) is -0.712. The van der Waals surface area contributed by atoms with Gasteiger partial charge in [-0.1, -0.05) is 0 Å². The number of benzene rings is 1. The zero-order valence-corrected chi connectivity index (χ0v) is 20.4. The molecular formula is C23H23BrF2N4O4. The summed E-state index contributed by atoms with van der Waals surface area (Å²) >= 11 is 3.26. The van der Waals surface area contributed by atoms with Gasteiger partial charge in [0.25, 0.3) is 5.56 Å². The van der Waals surface area contributed by atoms with Crippen LogP contribution in [0.1, 0.15) is 29.6 Å². The van der Waals surface area contributed by atoms with Gasteiger partial charge in [-0.15, -0.1) is 0 Å². The van der Waals surface area contributed by atoms with E-state index in [1.165, 1.54) is 10.6 Å². The van der Waals surface area contributed by atoms with Gasteiger partial charge in [-0.2, -0.15) is 0 Å². The molecule has 2 aromatic heterocycles. The van der Waals surface area contributed by atoms with Gasteiger partial charge in [-0.25, -0.2) is 18.7 Å². The quantitative estimate of drug-likeness (QED) is 0.414. The minimum absolute atomic E-state index is 0.0818. The molecule has 11 heteroatoms. The van der Waals surface area contributed by atoms with Crippen molar-refractivity contribution in [2.24, 2.45) is 0 Å². The van der Waals surface area contributed by atoms with Crippen molar-refractivity contribution in [3.05, 3.63) is 79.6 Å². The van der Waals surface area contributed by atoms with Crippen LogP contribution in [0.25, 0.3) is 0 Å². The first-order valence-electron chi connectivity index (χ1n) is 10.4. The van der Waals surface area contributed by atoms with Gasteiger partial charge in [0.2, 0.25) is 0 Å². The molecule has 0 saturated heterocycles. The molecule has 0 amide bonds. The Bertz CT molecular complexity index is 1270. The average Bonchev–Trinajstić information content (AvgIpc) is 2.79. The number of aromatic nitrogens is 3. The number of ether oxygens (including phenoxy) is 2. The normalized spacial score (nSPS) is 10.8. The van der Waals surface area contributed by atoms with Crippen LogP contribution in [0.3, 0.4) is 0 Å². The van der Waals surface area contributed by atoms with Crippen molar-refractivity contribution < 1.29 is 23.0 Å². The molecule has 0 spiro atoms. The SMILES string of the molecule is CCOC(=O)CNc1nc(C)ncc1Cn1c(C)cc(OCc2ccc(F)cc2F)c(Br)c1=O. The monoisotopic (exact) mass is 536 g/mol. The summed E-state index contributed by atoms with van der Waals surface area (Å²) in [5, 5.41) is 2.93. The van der Waals surface area contributed by atoms with Crippen molar-refractivity contribution in [2.75, 3.05) is 18.5 Å². The van der Waals surface area contributed by atoms with Crippen LogP contribution in [0.4, 0.5) is 14.6 Å². The molecule has 0 atom stereocenters. The van der Waals surface area contributed by atoms with Gasteiger partial charge in [0.05, 0.1) is 13.2 Å². The fourth-order valence-corrected chi connectivity index (χ4v) is 3.56. The zero-order chi connectivity index (χ0) is 24.8. The highest BCUT2D eigenvalue weighted by Gasteiger charge is 2.16. The minimum Gasteiger partial charge on any atom is -0.487 e. The van der Waals surface area contributed by atoms with E-state index in [0.29, 0.717) is 22.9 Å². The number of nitrogens with one attached hydrogen (secondary N) is 1. The lowest BCUT2D eigenvalue weighted by Gasteiger charge is -2.16. The number of rotatable bonds is 9. The number of esters is 1. The molecule has 3 rings (SSSR count). The molecule has 8 nitrogen and oxygen atoms in total. The fraction of sp³-hybridized carbons (Fsp3) is 0.304. The number of halogens is 3. The number of hydrogen-bond acceptors (Lipinski definition) is 7. The smallest absolute Gasteiger partial charge is 0.325 e. The molecule has 1 aromatic carbocycles. The number of anilines is 1. The second kappa shape index (κ2) is 11.2. The summed E-state index contributed by atoms with van der Waals surface area (Å²) in [7, 11) is 0. The van der Waals surface area contributed by atoms with E-state index in [1.54, 1.807) is 33.0 Å². The Kier molecular flexibility index (Phi) is 8.32. The van der Waals surface area contributed by atoms with Gasteiger partial charge in [-0.3, -0.25) is 9.59 Å². The fourth-order valence-electron chi connectivity index (χ4n) is 3.11. The van der Waals surface area contributed by atoms with Crippen LogP contribution in [0.5, 0.6) is 5.75 Å². The van der Waals surface area contributed by atoms with Crippen molar-refractivity contribution in [1.29, 1.82) is 0 Å². The predicted molar refractivity (Wildman–Crippen MR) is 125 cm³/mol. The maximum Gasteiger partial charge on any atom is 0.325 e. The van der Waals surface area contributed by atoms with Gasteiger partial charge in [0.1, 0.15) is 46.7 Å². The first-order valence-corrected chi connectivity index (χ1v) is 11.2. The molecule has 0 aliphatic heterocycles. The molecule has 0 radical (unpaired) electrons. The third-order valence-corrected chi connectivity index (χ3v) is 5.56. The Labute approximate surface area is 203 Å². The molecule has 2 heterocycles. The third kappa shape index (κ3) is 6.16. The van der Waals surface area contributed by atoms with E-state index in [2.05, 4.69) is 31.2 Å². The van der Waals surface area contributed by atoms with E-state index < -0.39 is 17.6 Å². The average molecular weight is 537 g/mol. The predicted octanol–water partition coefficient (Wildman–Crippen LogP) is 3.90. The van der Waals surface area contributed by atoms with Gasteiger partial charge in [-0.05, 0) is 48.8 Å². The Morgan fingerprint density at radius 1 is 1.21 bits per heavy atom. The Morgan fingerprint density at radius 3 is 2.68 bits per heavy atom. The lowest BCUT2D eigenvalue weighted by Crippen LogP contribution is -2.25. The van der Waals surface area contributed by atoms with E-state index in [4.69, 9.17) is 9.47 Å². The minimum atomic E-state index is -0.733. The molecule has 0 aliphatic carbocycles. The second-order valence-corrected chi connectivity index (χ2v) is 8.12. The summed E-state index contributed by atoms with van der Waals surface area (Å²) in [6, 6.07) is 4.83. The molecule has 3 aromatic rings. The van der Waals surface area contributed by atoms with E-state index in [-0.39, 0.29) is 47.6 Å². The van der Waals surface area contributed by atoms with E-state index >= 15 is 0 Å². The van der Waals surface area contributed by atoms with Gasteiger partial charge < -0.3 is 19.4 Å². The molecule has 0 fully saturated rings. The van der Waals surface area contributed by atoms with Gasteiger partial charge in [0, 0.05) is 35.2 Å². The van der Waals surface area contributed by atoms with Crippen LogP contribution in [-0.4, -0.2) is 33.7 Å². The first-order chi connectivity index (χ1) is 16.2. The second-order valence-electron chi connectivity index (χ2n) is 7.33.